The molecule has 74 valence electrons. The van der Waals surface area contributed by atoms with Crippen LogP contribution in [0.3, 0.4) is 0 Å². The van der Waals surface area contributed by atoms with Gasteiger partial charge in [0.05, 0.1) is 0 Å². The number of hydrogen-bond donors (Lipinski definition) is 3. The van der Waals surface area contributed by atoms with Crippen LogP contribution >= 0.6 is 12.4 Å². The van der Waals surface area contributed by atoms with E-state index in [0.717, 1.165) is 0 Å². The van der Waals surface area contributed by atoms with E-state index in [1.165, 1.54) is 0 Å². The Morgan fingerprint density at radius 2 is 2.08 bits per heavy atom. The molecule has 1 aromatic rings. The average molecular weight is 205 g/mol. The summed E-state index contributed by atoms with van der Waals surface area (Å²) in [6.07, 6.45) is 0. The summed E-state index contributed by atoms with van der Waals surface area (Å²) in [6, 6.07) is 0. The molecule has 0 bridgehead atoms. The summed E-state index contributed by atoms with van der Waals surface area (Å²) in [5.74, 6) is 0.486. The van der Waals surface area contributed by atoms with Crippen LogP contribution in [0.5, 0.6) is 0 Å². The number of hydrogen-bond acceptors (Lipinski definition) is 3. The third kappa shape index (κ3) is 2.35. The number of nitrogens with one attached hydrogen (secondary N) is 1. The summed E-state index contributed by atoms with van der Waals surface area (Å²) in [5, 5.41) is 0. The molecule has 0 spiro atoms. The number of primary amides is 1. The molecule has 5 nitrogen and oxygen atoms in total. The van der Waals surface area contributed by atoms with Crippen LogP contribution in [0.1, 0.15) is 36.1 Å². The number of anilines is 1. The van der Waals surface area contributed by atoms with Gasteiger partial charge in [-0.15, -0.1) is 12.4 Å². The fourth-order valence-corrected chi connectivity index (χ4v) is 0.867. The van der Waals surface area contributed by atoms with E-state index in [2.05, 4.69) is 9.97 Å². The number of nitrogen functional groups attached to an aromatic ring is 1. The van der Waals surface area contributed by atoms with Crippen molar-refractivity contribution in [3.63, 3.8) is 0 Å². The van der Waals surface area contributed by atoms with Gasteiger partial charge in [0.15, 0.2) is 5.82 Å². The number of aromatic nitrogens is 2. The summed E-state index contributed by atoms with van der Waals surface area (Å²) in [7, 11) is 0. The molecule has 0 radical (unpaired) electrons. The zero-order chi connectivity index (χ0) is 9.30. The van der Waals surface area contributed by atoms with Gasteiger partial charge in [-0.25, -0.2) is 4.98 Å². The quantitative estimate of drug-likeness (QED) is 0.659. The summed E-state index contributed by atoms with van der Waals surface area (Å²) < 4.78 is 0. The lowest BCUT2D eigenvalue weighted by Gasteiger charge is -1.96. The van der Waals surface area contributed by atoms with E-state index in [-0.39, 0.29) is 29.8 Å². The molecule has 1 amide bonds. The van der Waals surface area contributed by atoms with Gasteiger partial charge in [-0.3, -0.25) is 4.79 Å². The minimum absolute atomic E-state index is 0. The normalized spacial score (nSPS) is 9.77. The molecule has 0 atom stereocenters. The monoisotopic (exact) mass is 204 g/mol. The molecule has 1 heterocycles. The first kappa shape index (κ1) is 11.8. The SMILES string of the molecule is CC(C)c1nc(N)c(C(N)=O)[nH]1.Cl. The van der Waals surface area contributed by atoms with Crippen molar-refractivity contribution in [2.75, 3.05) is 5.73 Å². The van der Waals surface area contributed by atoms with E-state index in [1.807, 2.05) is 13.8 Å². The first-order valence-corrected chi connectivity index (χ1v) is 3.67. The number of imidazole rings is 1. The van der Waals surface area contributed by atoms with E-state index in [9.17, 15) is 4.79 Å². The Bertz CT molecular complexity index is 307. The van der Waals surface area contributed by atoms with Crippen LogP contribution in [0.2, 0.25) is 0 Å². The first-order chi connectivity index (χ1) is 5.52. The zero-order valence-corrected chi connectivity index (χ0v) is 8.31. The van der Waals surface area contributed by atoms with E-state index >= 15 is 0 Å². The predicted molar refractivity (Wildman–Crippen MR) is 52.9 cm³/mol. The Balaban J connectivity index is 0.00000144. The van der Waals surface area contributed by atoms with Crippen molar-refractivity contribution in [2.24, 2.45) is 5.73 Å². The zero-order valence-electron chi connectivity index (χ0n) is 7.50. The van der Waals surface area contributed by atoms with Crippen molar-refractivity contribution < 1.29 is 4.79 Å². The molecule has 1 rings (SSSR count). The Morgan fingerprint density at radius 3 is 2.31 bits per heavy atom. The predicted octanol–water partition coefficient (Wildman–Crippen LogP) is 0.636. The van der Waals surface area contributed by atoms with Gasteiger partial charge >= 0.3 is 0 Å². The molecule has 0 aliphatic heterocycles. The molecule has 0 unspecified atom stereocenters. The topological polar surface area (TPSA) is 97.8 Å². The van der Waals surface area contributed by atoms with Crippen LogP contribution in [-0.4, -0.2) is 15.9 Å². The van der Waals surface area contributed by atoms with Gasteiger partial charge in [0.2, 0.25) is 0 Å². The van der Waals surface area contributed by atoms with Gasteiger partial charge < -0.3 is 16.5 Å². The first-order valence-electron chi connectivity index (χ1n) is 3.67. The molecule has 0 saturated carbocycles. The average Bonchev–Trinajstić information content (AvgIpc) is 2.30. The standard InChI is InChI=1S/C7H12N4O.ClH/c1-3(2)7-10-4(6(9)12)5(8)11-7;/h3H,8H2,1-2H3,(H2,9,12)(H,10,11);1H. The Labute approximate surface area is 82.3 Å². The van der Waals surface area contributed by atoms with Crippen LogP contribution in [0, 0.1) is 0 Å². The van der Waals surface area contributed by atoms with Gasteiger partial charge in [-0.2, -0.15) is 0 Å². The number of carbonyl (C=O) groups excluding carboxylic acids is 1. The Morgan fingerprint density at radius 1 is 1.54 bits per heavy atom. The molecule has 0 aromatic carbocycles. The highest BCUT2D eigenvalue weighted by atomic mass is 35.5. The number of nitrogens with zero attached hydrogens (tertiary/aromatic N) is 1. The second-order valence-electron chi connectivity index (χ2n) is 2.90. The van der Waals surface area contributed by atoms with Crippen LogP contribution in [0.25, 0.3) is 0 Å². The third-order valence-corrected chi connectivity index (χ3v) is 1.54. The number of H-pyrrole nitrogens is 1. The maximum absolute atomic E-state index is 10.7. The summed E-state index contributed by atoms with van der Waals surface area (Å²) in [5.41, 5.74) is 10.7. The van der Waals surface area contributed by atoms with Gasteiger partial charge in [0, 0.05) is 5.92 Å². The number of nitrogens with two attached hydrogens (primary N) is 2. The molecule has 6 heteroatoms. The Hall–Kier alpha value is -1.23. The molecule has 5 N–H and O–H groups in total. The van der Waals surface area contributed by atoms with Crippen molar-refractivity contribution >= 4 is 24.1 Å². The molecule has 0 saturated heterocycles. The maximum atomic E-state index is 10.7. The van der Waals surface area contributed by atoms with Crippen LogP contribution < -0.4 is 11.5 Å². The molecule has 0 aliphatic carbocycles. The number of carbonyl (C=O) groups is 1. The molecule has 0 fully saturated rings. The third-order valence-electron chi connectivity index (χ3n) is 1.54. The highest BCUT2D eigenvalue weighted by Gasteiger charge is 2.13. The van der Waals surface area contributed by atoms with Crippen molar-refractivity contribution in [3.8, 4) is 0 Å². The van der Waals surface area contributed by atoms with Crippen LogP contribution in [0.15, 0.2) is 0 Å². The van der Waals surface area contributed by atoms with Gasteiger partial charge in [-0.05, 0) is 0 Å². The lowest BCUT2D eigenvalue weighted by molar-refractivity contribution is 0.0997. The molecule has 1 aromatic heterocycles. The maximum Gasteiger partial charge on any atom is 0.269 e. The van der Waals surface area contributed by atoms with Crippen LogP contribution in [0.4, 0.5) is 5.82 Å². The van der Waals surface area contributed by atoms with Crippen molar-refractivity contribution in [2.45, 2.75) is 19.8 Å². The Kier molecular flexibility index (Phi) is 3.74. The summed E-state index contributed by atoms with van der Waals surface area (Å²) in [4.78, 5) is 17.5. The van der Waals surface area contributed by atoms with E-state index < -0.39 is 5.91 Å². The molecule has 13 heavy (non-hydrogen) atoms. The van der Waals surface area contributed by atoms with Crippen molar-refractivity contribution in [1.82, 2.24) is 9.97 Å². The fraction of sp³-hybridized carbons (Fsp3) is 0.429. The van der Waals surface area contributed by atoms with Crippen molar-refractivity contribution in [3.05, 3.63) is 11.5 Å². The molecular formula is C7H13ClN4O. The largest absolute Gasteiger partial charge is 0.382 e. The number of rotatable bonds is 2. The number of amides is 1. The minimum atomic E-state index is -0.577. The molecular weight excluding hydrogens is 192 g/mol. The van der Waals surface area contributed by atoms with E-state index in [4.69, 9.17) is 11.5 Å². The lowest BCUT2D eigenvalue weighted by Crippen LogP contribution is -2.13. The fourth-order valence-electron chi connectivity index (χ4n) is 0.867. The second kappa shape index (κ2) is 4.13. The van der Waals surface area contributed by atoms with Crippen LogP contribution in [-0.2, 0) is 0 Å². The molecule has 0 aliphatic rings. The summed E-state index contributed by atoms with van der Waals surface area (Å²) in [6.45, 7) is 3.89. The van der Waals surface area contributed by atoms with E-state index in [0.29, 0.717) is 5.82 Å². The van der Waals surface area contributed by atoms with E-state index in [1.54, 1.807) is 0 Å². The lowest BCUT2D eigenvalue weighted by atomic mass is 10.2. The van der Waals surface area contributed by atoms with Gasteiger partial charge in [-0.1, -0.05) is 13.8 Å². The smallest absolute Gasteiger partial charge is 0.269 e. The van der Waals surface area contributed by atoms with Crippen molar-refractivity contribution in [1.29, 1.82) is 0 Å². The van der Waals surface area contributed by atoms with Gasteiger partial charge in [0.25, 0.3) is 5.91 Å². The number of halogens is 1. The number of aromatic amines is 1. The van der Waals surface area contributed by atoms with Gasteiger partial charge in [0.1, 0.15) is 11.5 Å². The highest BCUT2D eigenvalue weighted by molar-refractivity contribution is 5.95. The second-order valence-corrected chi connectivity index (χ2v) is 2.90. The summed E-state index contributed by atoms with van der Waals surface area (Å²) >= 11 is 0. The highest BCUT2D eigenvalue weighted by Crippen LogP contribution is 2.14. The minimum Gasteiger partial charge on any atom is -0.382 e.